The van der Waals surface area contributed by atoms with E-state index in [0.29, 0.717) is 19.8 Å². The highest BCUT2D eigenvalue weighted by atomic mass is 32.2. The highest BCUT2D eigenvalue weighted by molar-refractivity contribution is 8.26. The van der Waals surface area contributed by atoms with Crippen LogP contribution in [-0.4, -0.2) is 15.2 Å². The standard InChI is InChI=1S/C13H6F2N2OS3/c14-8-2-1-6(3-9(8)15)12-16-5-7(20-12)4-10-11(18)17-13(19)21-10/h1-5H,(H,17,18,19). The van der Waals surface area contributed by atoms with Gasteiger partial charge in [-0.15, -0.1) is 11.3 Å². The maximum absolute atomic E-state index is 13.2. The second-order valence-corrected chi connectivity index (χ2v) is 6.83. The van der Waals surface area contributed by atoms with Gasteiger partial charge in [0, 0.05) is 16.6 Å². The molecule has 0 unspecified atom stereocenters. The minimum Gasteiger partial charge on any atom is -0.307 e. The molecule has 0 saturated carbocycles. The molecule has 3 rings (SSSR count). The smallest absolute Gasteiger partial charge is 0.263 e. The molecular weight excluding hydrogens is 334 g/mol. The van der Waals surface area contributed by atoms with E-state index in [2.05, 4.69) is 10.3 Å². The number of carbonyl (C=O) groups is 1. The lowest BCUT2D eigenvalue weighted by molar-refractivity contribution is -0.115. The number of thiazole rings is 1. The van der Waals surface area contributed by atoms with Crippen LogP contribution in [0.1, 0.15) is 4.88 Å². The van der Waals surface area contributed by atoms with Crippen LogP contribution in [0.2, 0.25) is 0 Å². The second kappa shape index (κ2) is 5.63. The molecule has 1 fully saturated rings. The highest BCUT2D eigenvalue weighted by Crippen LogP contribution is 2.31. The predicted octanol–water partition coefficient (Wildman–Crippen LogP) is 3.58. The van der Waals surface area contributed by atoms with Crippen LogP contribution in [0.4, 0.5) is 8.78 Å². The molecule has 1 amide bonds. The summed E-state index contributed by atoms with van der Waals surface area (Å²) in [7, 11) is 0. The predicted molar refractivity (Wildman–Crippen MR) is 83.8 cm³/mol. The number of nitrogens with one attached hydrogen (secondary N) is 1. The fourth-order valence-electron chi connectivity index (χ4n) is 1.67. The molecule has 1 aliphatic heterocycles. The van der Waals surface area contributed by atoms with Crippen molar-refractivity contribution in [1.29, 1.82) is 0 Å². The van der Waals surface area contributed by atoms with E-state index in [1.165, 1.54) is 29.2 Å². The van der Waals surface area contributed by atoms with E-state index >= 15 is 0 Å². The van der Waals surface area contributed by atoms with Gasteiger partial charge in [0.25, 0.3) is 5.91 Å². The lowest BCUT2D eigenvalue weighted by Gasteiger charge is -1.96. The Kier molecular flexibility index (Phi) is 3.83. The first-order chi connectivity index (χ1) is 10.0. The molecule has 1 aromatic carbocycles. The van der Waals surface area contributed by atoms with E-state index in [1.54, 1.807) is 12.3 Å². The average molecular weight is 340 g/mol. The van der Waals surface area contributed by atoms with Crippen LogP contribution >= 0.6 is 35.3 Å². The summed E-state index contributed by atoms with van der Waals surface area (Å²) < 4.78 is 26.5. The van der Waals surface area contributed by atoms with Crippen molar-refractivity contribution < 1.29 is 13.6 Å². The minimum atomic E-state index is -0.918. The summed E-state index contributed by atoms with van der Waals surface area (Å²) in [6.45, 7) is 0. The molecular formula is C13H6F2N2OS3. The number of aromatic nitrogens is 1. The number of hydrogen-bond donors (Lipinski definition) is 1. The Balaban J connectivity index is 1.90. The minimum absolute atomic E-state index is 0.243. The third-order valence-corrected chi connectivity index (χ3v) is 4.76. The summed E-state index contributed by atoms with van der Waals surface area (Å²) in [6, 6.07) is 3.61. The summed E-state index contributed by atoms with van der Waals surface area (Å²) in [4.78, 5) is 16.9. The van der Waals surface area contributed by atoms with Crippen molar-refractivity contribution in [2.45, 2.75) is 0 Å². The van der Waals surface area contributed by atoms with E-state index < -0.39 is 11.6 Å². The van der Waals surface area contributed by atoms with Crippen LogP contribution in [-0.2, 0) is 4.79 Å². The van der Waals surface area contributed by atoms with E-state index in [4.69, 9.17) is 12.2 Å². The van der Waals surface area contributed by atoms with Gasteiger partial charge in [0.2, 0.25) is 0 Å². The number of halogens is 2. The van der Waals surface area contributed by atoms with Crippen LogP contribution in [0.25, 0.3) is 16.6 Å². The average Bonchev–Trinajstić information content (AvgIpc) is 3.01. The van der Waals surface area contributed by atoms with Crippen molar-refractivity contribution >= 4 is 51.6 Å². The molecule has 8 heteroatoms. The van der Waals surface area contributed by atoms with Gasteiger partial charge in [0.15, 0.2) is 11.6 Å². The van der Waals surface area contributed by atoms with Gasteiger partial charge in [-0.2, -0.15) is 0 Å². The number of hydrogen-bond acceptors (Lipinski definition) is 5. The molecule has 1 aliphatic rings. The molecule has 3 nitrogen and oxygen atoms in total. The number of nitrogens with zero attached hydrogens (tertiary/aromatic N) is 1. The Labute approximate surface area is 132 Å². The maximum Gasteiger partial charge on any atom is 0.263 e. The summed E-state index contributed by atoms with van der Waals surface area (Å²) in [5.41, 5.74) is 0.489. The van der Waals surface area contributed by atoms with Gasteiger partial charge in [0.1, 0.15) is 9.33 Å². The lowest BCUT2D eigenvalue weighted by Crippen LogP contribution is -2.17. The molecule has 0 aliphatic carbocycles. The SMILES string of the molecule is O=C1NC(=S)SC1=Cc1cnc(-c2ccc(F)c(F)c2)s1. The van der Waals surface area contributed by atoms with Crippen LogP contribution in [0.15, 0.2) is 29.3 Å². The van der Waals surface area contributed by atoms with Gasteiger partial charge in [-0.25, -0.2) is 13.8 Å². The van der Waals surface area contributed by atoms with Crippen molar-refractivity contribution in [2.24, 2.45) is 0 Å². The van der Waals surface area contributed by atoms with Crippen LogP contribution in [0.3, 0.4) is 0 Å². The molecule has 0 spiro atoms. The molecule has 1 aromatic heterocycles. The molecule has 0 radical (unpaired) electrons. The Bertz CT molecular complexity index is 785. The van der Waals surface area contributed by atoms with E-state index in [9.17, 15) is 13.6 Å². The Hall–Kier alpha value is -1.64. The van der Waals surface area contributed by atoms with Crippen molar-refractivity contribution in [2.75, 3.05) is 0 Å². The molecule has 0 atom stereocenters. The quantitative estimate of drug-likeness (QED) is 0.670. The van der Waals surface area contributed by atoms with Gasteiger partial charge < -0.3 is 5.32 Å². The summed E-state index contributed by atoms with van der Waals surface area (Å²) in [6.07, 6.45) is 3.24. The third-order valence-electron chi connectivity index (χ3n) is 2.61. The van der Waals surface area contributed by atoms with Crippen LogP contribution < -0.4 is 5.32 Å². The molecule has 0 bridgehead atoms. The summed E-state index contributed by atoms with van der Waals surface area (Å²) in [5.74, 6) is -2.06. The zero-order valence-electron chi connectivity index (χ0n) is 10.2. The Morgan fingerprint density at radius 1 is 1.29 bits per heavy atom. The number of amides is 1. The zero-order valence-corrected chi connectivity index (χ0v) is 12.7. The fraction of sp³-hybridized carbons (Fsp3) is 0. The van der Waals surface area contributed by atoms with Crippen molar-refractivity contribution in [3.63, 3.8) is 0 Å². The normalized spacial score (nSPS) is 16.6. The second-order valence-electron chi connectivity index (χ2n) is 4.05. The lowest BCUT2D eigenvalue weighted by atomic mass is 10.2. The zero-order chi connectivity index (χ0) is 15.0. The number of thioether (sulfide) groups is 1. The van der Waals surface area contributed by atoms with E-state index in [0.717, 1.165) is 17.0 Å². The van der Waals surface area contributed by atoms with Crippen molar-refractivity contribution in [3.05, 3.63) is 45.8 Å². The molecule has 1 saturated heterocycles. The van der Waals surface area contributed by atoms with Crippen molar-refractivity contribution in [1.82, 2.24) is 10.3 Å². The molecule has 2 heterocycles. The molecule has 1 N–H and O–H groups in total. The summed E-state index contributed by atoms with van der Waals surface area (Å²) in [5, 5.41) is 3.07. The van der Waals surface area contributed by atoms with E-state index in [-0.39, 0.29) is 5.91 Å². The largest absolute Gasteiger partial charge is 0.307 e. The maximum atomic E-state index is 13.2. The molecule has 21 heavy (non-hydrogen) atoms. The summed E-state index contributed by atoms with van der Waals surface area (Å²) >= 11 is 7.36. The first-order valence-electron chi connectivity index (χ1n) is 5.69. The monoisotopic (exact) mass is 340 g/mol. The number of carbonyl (C=O) groups excluding carboxylic acids is 1. The number of benzene rings is 1. The number of rotatable bonds is 2. The van der Waals surface area contributed by atoms with Crippen LogP contribution in [0, 0.1) is 11.6 Å². The van der Waals surface area contributed by atoms with Crippen LogP contribution in [0.5, 0.6) is 0 Å². The third kappa shape index (κ3) is 3.02. The van der Waals surface area contributed by atoms with Crippen molar-refractivity contribution in [3.8, 4) is 10.6 Å². The Morgan fingerprint density at radius 3 is 2.76 bits per heavy atom. The topological polar surface area (TPSA) is 42.0 Å². The highest BCUT2D eigenvalue weighted by Gasteiger charge is 2.22. The van der Waals surface area contributed by atoms with Gasteiger partial charge in [-0.05, 0) is 24.3 Å². The van der Waals surface area contributed by atoms with E-state index in [1.807, 2.05) is 0 Å². The van der Waals surface area contributed by atoms with Gasteiger partial charge in [0.05, 0.1) is 4.91 Å². The van der Waals surface area contributed by atoms with Gasteiger partial charge in [-0.3, -0.25) is 4.79 Å². The van der Waals surface area contributed by atoms with Gasteiger partial charge in [-0.1, -0.05) is 24.0 Å². The first-order valence-corrected chi connectivity index (χ1v) is 7.73. The first kappa shape index (κ1) is 14.3. The molecule has 106 valence electrons. The Morgan fingerprint density at radius 2 is 2.10 bits per heavy atom. The fourth-order valence-corrected chi connectivity index (χ4v) is 3.63. The number of thiocarbonyl (C=S) groups is 1. The van der Waals surface area contributed by atoms with Gasteiger partial charge >= 0.3 is 0 Å². The molecule has 2 aromatic rings.